The summed E-state index contributed by atoms with van der Waals surface area (Å²) < 4.78 is 6.88. The minimum atomic E-state index is -0.205. The van der Waals surface area contributed by atoms with E-state index in [4.69, 9.17) is 10.5 Å². The van der Waals surface area contributed by atoms with Crippen LogP contribution in [-0.4, -0.2) is 30.4 Å². The Bertz CT molecular complexity index is 438. The number of hydrogen-bond donors (Lipinski definition) is 2. The SMILES string of the molecule is CCC(C)C(C(=O)N(C)S)c1cccc(OCCN)c1. The Labute approximate surface area is 126 Å². The third-order valence-electron chi connectivity index (χ3n) is 3.40. The summed E-state index contributed by atoms with van der Waals surface area (Å²) in [6.45, 7) is 5.10. The quantitative estimate of drug-likeness (QED) is 0.760. The summed E-state index contributed by atoms with van der Waals surface area (Å²) in [7, 11) is 1.66. The summed E-state index contributed by atoms with van der Waals surface area (Å²) in [5.74, 6) is 0.778. The highest BCUT2D eigenvalue weighted by Crippen LogP contribution is 2.31. The van der Waals surface area contributed by atoms with Crippen molar-refractivity contribution in [2.45, 2.75) is 26.2 Å². The zero-order valence-corrected chi connectivity index (χ0v) is 13.3. The number of amides is 1. The van der Waals surface area contributed by atoms with Crippen LogP contribution in [0.4, 0.5) is 0 Å². The molecule has 4 nitrogen and oxygen atoms in total. The van der Waals surface area contributed by atoms with Crippen LogP contribution in [-0.2, 0) is 4.79 Å². The first-order chi connectivity index (χ1) is 9.51. The van der Waals surface area contributed by atoms with Gasteiger partial charge in [-0.2, -0.15) is 0 Å². The second-order valence-electron chi connectivity index (χ2n) is 4.93. The van der Waals surface area contributed by atoms with Crippen molar-refractivity contribution in [3.8, 4) is 5.75 Å². The number of benzene rings is 1. The van der Waals surface area contributed by atoms with E-state index >= 15 is 0 Å². The minimum absolute atomic E-state index is 0.00124. The van der Waals surface area contributed by atoms with Crippen LogP contribution in [0.15, 0.2) is 24.3 Å². The first kappa shape index (κ1) is 16.9. The molecule has 0 spiro atoms. The van der Waals surface area contributed by atoms with Gasteiger partial charge < -0.3 is 10.5 Å². The van der Waals surface area contributed by atoms with Crippen LogP contribution in [0, 0.1) is 5.92 Å². The van der Waals surface area contributed by atoms with Crippen LogP contribution in [0.3, 0.4) is 0 Å². The normalized spacial score (nSPS) is 13.7. The fraction of sp³-hybridized carbons (Fsp3) is 0.533. The Hall–Kier alpha value is -1.20. The van der Waals surface area contributed by atoms with Crippen LogP contribution in [0.5, 0.6) is 5.75 Å². The monoisotopic (exact) mass is 296 g/mol. The Morgan fingerprint density at radius 2 is 2.20 bits per heavy atom. The van der Waals surface area contributed by atoms with Crippen molar-refractivity contribution in [3.05, 3.63) is 29.8 Å². The van der Waals surface area contributed by atoms with Crippen LogP contribution in [0.1, 0.15) is 31.7 Å². The van der Waals surface area contributed by atoms with Crippen molar-refractivity contribution in [3.63, 3.8) is 0 Å². The lowest BCUT2D eigenvalue weighted by Gasteiger charge is -2.25. The molecule has 1 amide bonds. The van der Waals surface area contributed by atoms with E-state index in [0.29, 0.717) is 13.2 Å². The van der Waals surface area contributed by atoms with Gasteiger partial charge in [-0.25, -0.2) is 0 Å². The summed E-state index contributed by atoms with van der Waals surface area (Å²) >= 11 is 4.13. The highest BCUT2D eigenvalue weighted by atomic mass is 32.1. The Morgan fingerprint density at radius 3 is 2.75 bits per heavy atom. The number of carbonyl (C=O) groups is 1. The van der Waals surface area contributed by atoms with E-state index in [1.807, 2.05) is 24.3 Å². The van der Waals surface area contributed by atoms with E-state index in [1.165, 1.54) is 4.31 Å². The molecule has 0 aliphatic carbocycles. The topological polar surface area (TPSA) is 55.6 Å². The number of nitrogens with two attached hydrogens (primary N) is 1. The fourth-order valence-corrected chi connectivity index (χ4v) is 2.25. The third-order valence-corrected chi connectivity index (χ3v) is 3.60. The molecule has 112 valence electrons. The Balaban J connectivity index is 3.04. The van der Waals surface area contributed by atoms with Gasteiger partial charge in [-0.05, 0) is 23.6 Å². The van der Waals surface area contributed by atoms with Gasteiger partial charge in [-0.1, -0.05) is 45.2 Å². The average Bonchev–Trinajstić information content (AvgIpc) is 2.45. The van der Waals surface area contributed by atoms with Crippen molar-refractivity contribution in [1.82, 2.24) is 4.31 Å². The van der Waals surface area contributed by atoms with Crippen LogP contribution in [0.2, 0.25) is 0 Å². The van der Waals surface area contributed by atoms with Crippen molar-refractivity contribution < 1.29 is 9.53 Å². The van der Waals surface area contributed by atoms with Gasteiger partial charge in [-0.3, -0.25) is 9.10 Å². The highest BCUT2D eigenvalue weighted by Gasteiger charge is 2.27. The lowest BCUT2D eigenvalue weighted by Crippen LogP contribution is -2.28. The van der Waals surface area contributed by atoms with E-state index in [1.54, 1.807) is 7.05 Å². The molecular weight excluding hydrogens is 272 g/mol. The summed E-state index contributed by atoms with van der Waals surface area (Å²) in [5.41, 5.74) is 6.39. The van der Waals surface area contributed by atoms with Gasteiger partial charge in [0.25, 0.3) is 0 Å². The first-order valence-electron chi connectivity index (χ1n) is 6.90. The van der Waals surface area contributed by atoms with E-state index in [9.17, 15) is 4.79 Å². The number of hydrogen-bond acceptors (Lipinski definition) is 4. The molecule has 20 heavy (non-hydrogen) atoms. The number of carbonyl (C=O) groups excluding carboxylic acids is 1. The van der Waals surface area contributed by atoms with Gasteiger partial charge in [0.15, 0.2) is 0 Å². The maximum atomic E-state index is 12.4. The maximum Gasteiger partial charge on any atom is 0.239 e. The zero-order chi connectivity index (χ0) is 15.1. The van der Waals surface area contributed by atoms with Gasteiger partial charge in [0, 0.05) is 13.6 Å². The molecule has 0 aromatic heterocycles. The van der Waals surface area contributed by atoms with E-state index < -0.39 is 0 Å². The lowest BCUT2D eigenvalue weighted by molar-refractivity contribution is -0.127. The van der Waals surface area contributed by atoms with Gasteiger partial charge in [0.05, 0.1) is 5.92 Å². The molecule has 0 fully saturated rings. The van der Waals surface area contributed by atoms with Crippen LogP contribution < -0.4 is 10.5 Å². The Kier molecular flexibility index (Phi) is 6.88. The molecule has 0 aliphatic heterocycles. The van der Waals surface area contributed by atoms with E-state index in [0.717, 1.165) is 17.7 Å². The van der Waals surface area contributed by atoms with Crippen molar-refractivity contribution >= 4 is 18.7 Å². The molecule has 0 saturated carbocycles. The van der Waals surface area contributed by atoms with Crippen molar-refractivity contribution in [1.29, 1.82) is 0 Å². The Morgan fingerprint density at radius 1 is 1.50 bits per heavy atom. The number of nitrogens with zero attached hydrogens (tertiary/aromatic N) is 1. The number of ether oxygens (including phenoxy) is 1. The standard InChI is InChI=1S/C15H24N2O2S/c1-4-11(2)14(15(18)17(3)20)12-6-5-7-13(10-12)19-9-8-16/h5-7,10-11,14,20H,4,8-9,16H2,1-3H3. The molecule has 0 radical (unpaired) electrons. The third kappa shape index (κ3) is 4.42. The van der Waals surface area contributed by atoms with E-state index in [-0.39, 0.29) is 17.7 Å². The van der Waals surface area contributed by atoms with E-state index in [2.05, 4.69) is 26.7 Å². The zero-order valence-electron chi connectivity index (χ0n) is 12.4. The number of thiol groups is 1. The van der Waals surface area contributed by atoms with Gasteiger partial charge in [0.2, 0.25) is 5.91 Å². The molecule has 2 atom stereocenters. The van der Waals surface area contributed by atoms with Crippen LogP contribution in [0.25, 0.3) is 0 Å². The number of rotatable bonds is 7. The molecule has 1 rings (SSSR count). The summed E-state index contributed by atoms with van der Waals surface area (Å²) in [5, 5.41) is 0. The molecule has 2 unspecified atom stereocenters. The molecule has 0 saturated heterocycles. The number of likely N-dealkylation sites (N-methyl/N-ethyl adjacent to an activating group) is 1. The predicted molar refractivity (Wildman–Crippen MR) is 84.9 cm³/mol. The fourth-order valence-electron chi connectivity index (χ4n) is 2.13. The molecule has 5 heteroatoms. The van der Waals surface area contributed by atoms with Gasteiger partial charge in [0.1, 0.15) is 12.4 Å². The molecule has 2 N–H and O–H groups in total. The molecule has 0 bridgehead atoms. The molecule has 1 aromatic carbocycles. The van der Waals surface area contributed by atoms with Crippen molar-refractivity contribution in [2.75, 3.05) is 20.2 Å². The largest absolute Gasteiger partial charge is 0.492 e. The first-order valence-corrected chi connectivity index (χ1v) is 7.30. The lowest BCUT2D eigenvalue weighted by atomic mass is 9.85. The maximum absolute atomic E-state index is 12.4. The predicted octanol–water partition coefficient (Wildman–Crippen LogP) is 2.46. The summed E-state index contributed by atoms with van der Waals surface area (Å²) in [6, 6.07) is 7.66. The highest BCUT2D eigenvalue weighted by molar-refractivity contribution is 7.78. The van der Waals surface area contributed by atoms with Crippen LogP contribution >= 0.6 is 12.8 Å². The molecule has 0 heterocycles. The van der Waals surface area contributed by atoms with Gasteiger partial charge in [-0.15, -0.1) is 0 Å². The smallest absolute Gasteiger partial charge is 0.239 e. The van der Waals surface area contributed by atoms with Crippen molar-refractivity contribution in [2.24, 2.45) is 11.7 Å². The molecule has 1 aromatic rings. The second-order valence-corrected chi connectivity index (χ2v) is 5.53. The second kappa shape index (κ2) is 8.17. The summed E-state index contributed by atoms with van der Waals surface area (Å²) in [6.07, 6.45) is 0.923. The minimum Gasteiger partial charge on any atom is -0.492 e. The molecular formula is C15H24N2O2S. The molecule has 0 aliphatic rings. The summed E-state index contributed by atoms with van der Waals surface area (Å²) in [4.78, 5) is 12.4. The average molecular weight is 296 g/mol. The van der Waals surface area contributed by atoms with Gasteiger partial charge >= 0.3 is 0 Å².